The Morgan fingerprint density at radius 2 is 2.06 bits per heavy atom. The van der Waals surface area contributed by atoms with E-state index in [-0.39, 0.29) is 5.66 Å². The molecule has 0 saturated carbocycles. The van der Waals surface area contributed by atoms with E-state index in [0.29, 0.717) is 0 Å². The summed E-state index contributed by atoms with van der Waals surface area (Å²) in [4.78, 5) is 6.88. The average molecular weight is 216 g/mol. The number of rotatable bonds is 0. The topological polar surface area (TPSA) is 33.1 Å². The van der Waals surface area contributed by atoms with Crippen molar-refractivity contribution in [1.82, 2.24) is 14.5 Å². The Hall–Kier alpha value is -1.55. The minimum absolute atomic E-state index is 0.0443. The van der Waals surface area contributed by atoms with Gasteiger partial charge in [0.25, 0.3) is 0 Å². The standard InChI is InChI=1S/C12H16N4/c1-12(2)14-11-13-9-6-4-5-7-10(9)16(11)8-15(12)3/h4-7H,8H2,1-3H3,(H,13,14). The van der Waals surface area contributed by atoms with Gasteiger partial charge in [0, 0.05) is 0 Å². The van der Waals surface area contributed by atoms with E-state index in [1.807, 2.05) is 6.07 Å². The van der Waals surface area contributed by atoms with Crippen LogP contribution in [0.25, 0.3) is 11.0 Å². The van der Waals surface area contributed by atoms with E-state index in [4.69, 9.17) is 0 Å². The van der Waals surface area contributed by atoms with Crippen LogP contribution in [-0.2, 0) is 6.67 Å². The molecule has 84 valence electrons. The predicted octanol–water partition coefficient (Wildman–Crippen LogP) is 2.09. The van der Waals surface area contributed by atoms with E-state index >= 15 is 0 Å². The van der Waals surface area contributed by atoms with Gasteiger partial charge >= 0.3 is 0 Å². The molecule has 1 aliphatic rings. The summed E-state index contributed by atoms with van der Waals surface area (Å²) < 4.78 is 2.21. The van der Waals surface area contributed by atoms with Gasteiger partial charge in [-0.25, -0.2) is 4.98 Å². The summed E-state index contributed by atoms with van der Waals surface area (Å²) in [6.07, 6.45) is 0. The van der Waals surface area contributed by atoms with Crippen LogP contribution in [0.15, 0.2) is 24.3 Å². The quantitative estimate of drug-likeness (QED) is 0.732. The lowest BCUT2D eigenvalue weighted by Crippen LogP contribution is -2.52. The van der Waals surface area contributed by atoms with Gasteiger partial charge in [-0.05, 0) is 33.0 Å². The van der Waals surface area contributed by atoms with Gasteiger partial charge in [-0.1, -0.05) is 12.1 Å². The van der Waals surface area contributed by atoms with E-state index in [1.165, 1.54) is 5.52 Å². The third-order valence-electron chi connectivity index (χ3n) is 3.38. The molecule has 2 heterocycles. The van der Waals surface area contributed by atoms with Crippen molar-refractivity contribution in [2.24, 2.45) is 0 Å². The number of benzene rings is 1. The molecule has 0 fully saturated rings. The van der Waals surface area contributed by atoms with Gasteiger partial charge in [0.2, 0.25) is 5.95 Å². The van der Waals surface area contributed by atoms with Crippen molar-refractivity contribution in [2.75, 3.05) is 12.4 Å². The second-order valence-corrected chi connectivity index (χ2v) is 4.88. The highest BCUT2D eigenvalue weighted by molar-refractivity contribution is 5.78. The van der Waals surface area contributed by atoms with Crippen molar-refractivity contribution >= 4 is 17.0 Å². The number of nitrogens with one attached hydrogen (secondary N) is 1. The second kappa shape index (κ2) is 2.98. The number of fused-ring (bicyclic) bond motifs is 3. The van der Waals surface area contributed by atoms with Crippen molar-refractivity contribution in [2.45, 2.75) is 26.2 Å². The van der Waals surface area contributed by atoms with Crippen LogP contribution in [0.5, 0.6) is 0 Å². The van der Waals surface area contributed by atoms with Crippen molar-refractivity contribution in [3.8, 4) is 0 Å². The number of para-hydroxylation sites is 2. The van der Waals surface area contributed by atoms with Crippen LogP contribution in [0.4, 0.5) is 5.95 Å². The van der Waals surface area contributed by atoms with Crippen LogP contribution in [0.2, 0.25) is 0 Å². The first-order valence-electron chi connectivity index (χ1n) is 5.53. The molecule has 2 aromatic rings. The molecule has 0 radical (unpaired) electrons. The molecule has 0 bridgehead atoms. The molecule has 1 N–H and O–H groups in total. The van der Waals surface area contributed by atoms with E-state index < -0.39 is 0 Å². The summed E-state index contributed by atoms with van der Waals surface area (Å²) in [5, 5.41) is 3.45. The number of hydrogen-bond acceptors (Lipinski definition) is 3. The van der Waals surface area contributed by atoms with Crippen LogP contribution in [-0.4, -0.2) is 27.2 Å². The molecule has 3 rings (SSSR count). The minimum Gasteiger partial charge on any atom is -0.338 e. The minimum atomic E-state index is -0.0443. The molecule has 0 spiro atoms. The Labute approximate surface area is 94.9 Å². The summed E-state index contributed by atoms with van der Waals surface area (Å²) in [6, 6.07) is 8.24. The normalized spacial score (nSPS) is 19.4. The fourth-order valence-corrected chi connectivity index (χ4v) is 2.07. The van der Waals surface area contributed by atoms with Gasteiger partial charge in [0.15, 0.2) is 0 Å². The van der Waals surface area contributed by atoms with E-state index in [2.05, 4.69) is 58.9 Å². The van der Waals surface area contributed by atoms with E-state index in [9.17, 15) is 0 Å². The van der Waals surface area contributed by atoms with Crippen LogP contribution >= 0.6 is 0 Å². The summed E-state index contributed by atoms with van der Waals surface area (Å²) in [6.45, 7) is 5.20. The molecule has 1 aromatic carbocycles. The Bertz CT molecular complexity index is 541. The lowest BCUT2D eigenvalue weighted by atomic mass is 10.2. The Morgan fingerprint density at radius 3 is 2.88 bits per heavy atom. The Kier molecular flexibility index (Phi) is 1.80. The molecule has 0 saturated heterocycles. The zero-order chi connectivity index (χ0) is 11.3. The third-order valence-corrected chi connectivity index (χ3v) is 3.38. The lowest BCUT2D eigenvalue weighted by Gasteiger charge is -2.41. The van der Waals surface area contributed by atoms with Crippen LogP contribution < -0.4 is 5.32 Å². The molecule has 4 heteroatoms. The van der Waals surface area contributed by atoms with Gasteiger partial charge in [0.05, 0.1) is 23.4 Å². The van der Waals surface area contributed by atoms with Gasteiger partial charge in [-0.15, -0.1) is 0 Å². The number of anilines is 1. The van der Waals surface area contributed by atoms with Crippen LogP contribution in [0.1, 0.15) is 13.8 Å². The zero-order valence-corrected chi connectivity index (χ0v) is 9.86. The fraction of sp³-hybridized carbons (Fsp3) is 0.417. The monoisotopic (exact) mass is 216 g/mol. The molecule has 1 aliphatic heterocycles. The van der Waals surface area contributed by atoms with Gasteiger partial charge in [0.1, 0.15) is 0 Å². The molecule has 0 unspecified atom stereocenters. The van der Waals surface area contributed by atoms with Gasteiger partial charge in [-0.3, -0.25) is 9.47 Å². The van der Waals surface area contributed by atoms with Crippen molar-refractivity contribution < 1.29 is 0 Å². The maximum absolute atomic E-state index is 4.61. The first-order chi connectivity index (χ1) is 7.58. The molecule has 1 aromatic heterocycles. The highest BCUT2D eigenvalue weighted by atomic mass is 15.5. The number of imidazole rings is 1. The summed E-state index contributed by atoms with van der Waals surface area (Å²) in [5.41, 5.74) is 2.20. The molecule has 4 nitrogen and oxygen atoms in total. The summed E-state index contributed by atoms with van der Waals surface area (Å²) in [5.74, 6) is 0.962. The van der Waals surface area contributed by atoms with Crippen molar-refractivity contribution in [3.05, 3.63) is 24.3 Å². The largest absolute Gasteiger partial charge is 0.338 e. The lowest BCUT2D eigenvalue weighted by molar-refractivity contribution is 0.127. The predicted molar refractivity (Wildman–Crippen MR) is 65.2 cm³/mol. The number of aromatic nitrogens is 2. The first-order valence-corrected chi connectivity index (χ1v) is 5.53. The second-order valence-electron chi connectivity index (χ2n) is 4.88. The van der Waals surface area contributed by atoms with E-state index in [1.54, 1.807) is 0 Å². The molecule has 16 heavy (non-hydrogen) atoms. The highest BCUT2D eigenvalue weighted by Crippen LogP contribution is 2.28. The number of hydrogen-bond donors (Lipinski definition) is 1. The van der Waals surface area contributed by atoms with E-state index in [0.717, 1.165) is 18.1 Å². The highest BCUT2D eigenvalue weighted by Gasteiger charge is 2.30. The van der Waals surface area contributed by atoms with Crippen LogP contribution in [0.3, 0.4) is 0 Å². The molecule has 0 atom stereocenters. The van der Waals surface area contributed by atoms with Crippen molar-refractivity contribution in [3.63, 3.8) is 0 Å². The third kappa shape index (κ3) is 1.23. The SMILES string of the molecule is CN1Cn2c(nc3ccccc32)NC1(C)C. The van der Waals surface area contributed by atoms with Gasteiger partial charge < -0.3 is 5.32 Å². The Balaban J connectivity index is 2.20. The maximum atomic E-state index is 4.61. The van der Waals surface area contributed by atoms with Crippen LogP contribution in [0, 0.1) is 0 Å². The summed E-state index contributed by atoms with van der Waals surface area (Å²) >= 11 is 0. The number of nitrogens with zero attached hydrogens (tertiary/aromatic N) is 3. The zero-order valence-electron chi connectivity index (χ0n) is 9.86. The Morgan fingerprint density at radius 1 is 1.31 bits per heavy atom. The molecule has 0 amide bonds. The average Bonchev–Trinajstić information content (AvgIpc) is 2.56. The maximum Gasteiger partial charge on any atom is 0.206 e. The van der Waals surface area contributed by atoms with Crippen molar-refractivity contribution in [1.29, 1.82) is 0 Å². The first kappa shape index (κ1) is 9.66. The van der Waals surface area contributed by atoms with Gasteiger partial charge in [-0.2, -0.15) is 0 Å². The molecular formula is C12H16N4. The smallest absolute Gasteiger partial charge is 0.206 e. The molecule has 0 aliphatic carbocycles. The summed E-state index contributed by atoms with van der Waals surface area (Å²) in [7, 11) is 2.12. The molecular weight excluding hydrogens is 200 g/mol. The fourth-order valence-electron chi connectivity index (χ4n) is 2.07.